The zero-order valence-corrected chi connectivity index (χ0v) is 15.0. The van der Waals surface area contributed by atoms with E-state index in [1.165, 1.54) is 37.4 Å². The molecule has 2 aromatic rings. The van der Waals surface area contributed by atoms with Gasteiger partial charge in [0.25, 0.3) is 11.8 Å². The standard InChI is InChI=1S/C17H13ClF2N2O6/c1-25-13-5-8(4-10(18)15(13)26-7-14(21)23)16(24)22-9-2-3-11-12(6-9)28-17(19,20)27-11/h2-6H,7H2,1H3,(H2,21,23)(H,22,24). The summed E-state index contributed by atoms with van der Waals surface area (Å²) < 4.78 is 45.1. The lowest BCUT2D eigenvalue weighted by molar-refractivity contribution is -0.286. The number of fused-ring (bicyclic) bond motifs is 1. The Morgan fingerprint density at radius 1 is 1.21 bits per heavy atom. The topological polar surface area (TPSA) is 109 Å². The number of alkyl halides is 2. The van der Waals surface area contributed by atoms with Crippen LogP contribution in [0.5, 0.6) is 23.0 Å². The number of nitrogens with one attached hydrogen (secondary N) is 1. The summed E-state index contributed by atoms with van der Waals surface area (Å²) in [6.45, 7) is -0.427. The summed E-state index contributed by atoms with van der Waals surface area (Å²) in [6.07, 6.45) is -3.76. The summed E-state index contributed by atoms with van der Waals surface area (Å²) in [4.78, 5) is 23.3. The Labute approximate surface area is 162 Å². The van der Waals surface area contributed by atoms with Gasteiger partial charge in [-0.15, -0.1) is 8.78 Å². The van der Waals surface area contributed by atoms with Crippen LogP contribution in [-0.2, 0) is 4.79 Å². The number of amides is 2. The first-order chi connectivity index (χ1) is 13.2. The smallest absolute Gasteiger partial charge is 0.493 e. The molecule has 0 saturated carbocycles. The lowest BCUT2D eigenvalue weighted by atomic mass is 10.1. The van der Waals surface area contributed by atoms with Crippen molar-refractivity contribution >= 4 is 29.1 Å². The second-order valence-electron chi connectivity index (χ2n) is 5.53. The van der Waals surface area contributed by atoms with Gasteiger partial charge >= 0.3 is 6.29 Å². The van der Waals surface area contributed by atoms with Gasteiger partial charge < -0.3 is 30.0 Å². The number of nitrogens with two attached hydrogens (primary N) is 1. The van der Waals surface area contributed by atoms with Crippen molar-refractivity contribution in [3.05, 3.63) is 40.9 Å². The Bertz CT molecular complexity index is 953. The average molecular weight is 415 g/mol. The maximum Gasteiger partial charge on any atom is 0.586 e. The lowest BCUT2D eigenvalue weighted by Gasteiger charge is -2.13. The summed E-state index contributed by atoms with van der Waals surface area (Å²) in [5.74, 6) is -1.54. The van der Waals surface area contributed by atoms with Gasteiger partial charge in [0, 0.05) is 17.3 Å². The fourth-order valence-electron chi connectivity index (χ4n) is 2.36. The van der Waals surface area contributed by atoms with Gasteiger partial charge in [0.15, 0.2) is 29.6 Å². The summed E-state index contributed by atoms with van der Waals surface area (Å²) in [7, 11) is 1.32. The molecule has 1 heterocycles. The predicted molar refractivity (Wildman–Crippen MR) is 93.3 cm³/mol. The first-order valence-electron chi connectivity index (χ1n) is 7.68. The highest BCUT2D eigenvalue weighted by Gasteiger charge is 2.43. The van der Waals surface area contributed by atoms with Crippen molar-refractivity contribution in [2.75, 3.05) is 19.0 Å². The SMILES string of the molecule is COc1cc(C(=O)Nc2ccc3c(c2)OC(F)(F)O3)cc(Cl)c1OCC(N)=O. The van der Waals surface area contributed by atoms with Gasteiger partial charge in [0.05, 0.1) is 12.1 Å². The molecule has 0 bridgehead atoms. The van der Waals surface area contributed by atoms with Crippen LogP contribution in [0.25, 0.3) is 0 Å². The van der Waals surface area contributed by atoms with Gasteiger partial charge in [-0.1, -0.05) is 11.6 Å². The molecule has 148 valence electrons. The Morgan fingerprint density at radius 2 is 1.93 bits per heavy atom. The van der Waals surface area contributed by atoms with Crippen LogP contribution in [0.2, 0.25) is 5.02 Å². The normalized spacial score (nSPS) is 13.7. The second-order valence-corrected chi connectivity index (χ2v) is 5.93. The third-order valence-corrected chi connectivity index (χ3v) is 3.79. The molecule has 0 aromatic heterocycles. The highest BCUT2D eigenvalue weighted by atomic mass is 35.5. The van der Waals surface area contributed by atoms with Crippen LogP contribution in [0, 0.1) is 0 Å². The summed E-state index contributed by atoms with van der Waals surface area (Å²) in [6, 6.07) is 6.41. The first kappa shape index (κ1) is 19.5. The molecule has 0 aliphatic carbocycles. The fraction of sp³-hybridized carbons (Fsp3) is 0.176. The van der Waals surface area contributed by atoms with E-state index >= 15 is 0 Å². The number of carbonyl (C=O) groups is 2. The molecule has 1 aliphatic heterocycles. The van der Waals surface area contributed by atoms with E-state index in [1.54, 1.807) is 0 Å². The van der Waals surface area contributed by atoms with Crippen LogP contribution in [0.15, 0.2) is 30.3 Å². The number of methoxy groups -OCH3 is 1. The highest BCUT2D eigenvalue weighted by Crippen LogP contribution is 2.42. The number of rotatable bonds is 6. The maximum absolute atomic E-state index is 13.1. The molecule has 3 N–H and O–H groups in total. The minimum absolute atomic E-state index is 0.0103. The van der Waals surface area contributed by atoms with Crippen molar-refractivity contribution in [1.82, 2.24) is 0 Å². The van der Waals surface area contributed by atoms with Crippen molar-refractivity contribution in [3.63, 3.8) is 0 Å². The van der Waals surface area contributed by atoms with E-state index in [9.17, 15) is 18.4 Å². The van der Waals surface area contributed by atoms with Gasteiger partial charge in [-0.25, -0.2) is 0 Å². The number of carbonyl (C=O) groups excluding carboxylic acids is 2. The minimum atomic E-state index is -3.76. The van der Waals surface area contributed by atoms with Gasteiger partial charge in [-0.3, -0.25) is 9.59 Å². The third-order valence-electron chi connectivity index (χ3n) is 3.51. The van der Waals surface area contributed by atoms with Crippen molar-refractivity contribution in [2.45, 2.75) is 6.29 Å². The summed E-state index contributed by atoms with van der Waals surface area (Å²) >= 11 is 6.09. The van der Waals surface area contributed by atoms with Crippen LogP contribution in [0.4, 0.5) is 14.5 Å². The lowest BCUT2D eigenvalue weighted by Crippen LogP contribution is -2.25. The molecule has 0 saturated heterocycles. The van der Waals surface area contributed by atoms with E-state index in [1.807, 2.05) is 0 Å². The van der Waals surface area contributed by atoms with Gasteiger partial charge in [-0.05, 0) is 24.3 Å². The molecule has 0 spiro atoms. The van der Waals surface area contributed by atoms with Crippen LogP contribution in [-0.4, -0.2) is 31.8 Å². The Morgan fingerprint density at radius 3 is 2.61 bits per heavy atom. The molecule has 2 amide bonds. The molecule has 0 fully saturated rings. The number of anilines is 1. The van der Waals surface area contributed by atoms with Crippen LogP contribution in [0.1, 0.15) is 10.4 Å². The van der Waals surface area contributed by atoms with Gasteiger partial charge in [-0.2, -0.15) is 0 Å². The van der Waals surface area contributed by atoms with E-state index in [4.69, 9.17) is 26.8 Å². The molecular formula is C17H13ClF2N2O6. The minimum Gasteiger partial charge on any atom is -0.493 e. The van der Waals surface area contributed by atoms with E-state index in [2.05, 4.69) is 14.8 Å². The number of benzene rings is 2. The maximum atomic E-state index is 13.1. The van der Waals surface area contributed by atoms with Crippen molar-refractivity contribution < 1.29 is 37.3 Å². The van der Waals surface area contributed by atoms with E-state index < -0.39 is 24.7 Å². The second kappa shape index (κ2) is 7.39. The Hall–Kier alpha value is -3.27. The van der Waals surface area contributed by atoms with Gasteiger partial charge in [0.1, 0.15) is 0 Å². The molecule has 28 heavy (non-hydrogen) atoms. The van der Waals surface area contributed by atoms with Gasteiger partial charge in [0.2, 0.25) is 0 Å². The molecule has 11 heteroatoms. The van der Waals surface area contributed by atoms with Crippen LogP contribution < -0.4 is 30.0 Å². The average Bonchev–Trinajstić information content (AvgIpc) is 2.92. The zero-order valence-electron chi connectivity index (χ0n) is 14.3. The third kappa shape index (κ3) is 4.17. The van der Waals surface area contributed by atoms with E-state index in [0.717, 1.165) is 0 Å². The van der Waals surface area contributed by atoms with E-state index in [-0.39, 0.29) is 39.3 Å². The number of ether oxygens (including phenoxy) is 4. The molecule has 0 atom stereocenters. The van der Waals surface area contributed by atoms with Crippen molar-refractivity contribution in [3.8, 4) is 23.0 Å². The molecule has 2 aromatic carbocycles. The monoisotopic (exact) mass is 414 g/mol. The Balaban J connectivity index is 1.80. The summed E-state index contributed by atoms with van der Waals surface area (Å²) in [5, 5.41) is 2.53. The van der Waals surface area contributed by atoms with Crippen LogP contribution in [0.3, 0.4) is 0 Å². The number of halogens is 3. The molecule has 8 nitrogen and oxygen atoms in total. The molecular weight excluding hydrogens is 402 g/mol. The molecule has 1 aliphatic rings. The van der Waals surface area contributed by atoms with Crippen molar-refractivity contribution in [1.29, 1.82) is 0 Å². The molecule has 0 unspecified atom stereocenters. The van der Waals surface area contributed by atoms with Crippen LogP contribution >= 0.6 is 11.6 Å². The Kier molecular flexibility index (Phi) is 5.14. The predicted octanol–water partition coefficient (Wildman–Crippen LogP) is 2.79. The summed E-state index contributed by atoms with van der Waals surface area (Å²) in [5.41, 5.74) is 5.31. The number of hydrogen-bond acceptors (Lipinski definition) is 6. The number of primary amides is 1. The highest BCUT2D eigenvalue weighted by molar-refractivity contribution is 6.32. The largest absolute Gasteiger partial charge is 0.586 e. The fourth-order valence-corrected chi connectivity index (χ4v) is 2.63. The first-order valence-corrected chi connectivity index (χ1v) is 8.06. The molecule has 3 rings (SSSR count). The van der Waals surface area contributed by atoms with E-state index in [0.29, 0.717) is 0 Å². The molecule has 0 radical (unpaired) electrons. The zero-order chi connectivity index (χ0) is 20.5. The van der Waals surface area contributed by atoms with Crippen molar-refractivity contribution in [2.24, 2.45) is 5.73 Å². The quantitative estimate of drug-likeness (QED) is 0.752. The number of hydrogen-bond donors (Lipinski definition) is 2.